The van der Waals surface area contributed by atoms with Crippen molar-refractivity contribution in [3.05, 3.63) is 118 Å². The van der Waals surface area contributed by atoms with Crippen molar-refractivity contribution in [1.29, 1.82) is 0 Å². The van der Waals surface area contributed by atoms with Crippen molar-refractivity contribution < 1.29 is 4.79 Å². The van der Waals surface area contributed by atoms with E-state index < -0.39 is 0 Å². The standard InChI is InChI=1S/C29H29N5O2/c35-28-18-26(19-31-34(28)20-22-8-2-1-3-9-22)33-17-15-24(21-33)29(36)32-27-12-5-4-10-23(27)13-14-25-11-6-7-16-30-25/h1-12,16,18-19,24H,13-15,17,20-21H2,(H,32,36). The normalized spacial score (nSPS) is 15.1. The molecule has 1 fully saturated rings. The topological polar surface area (TPSA) is 80.1 Å². The molecule has 1 saturated heterocycles. The number of hydrogen-bond acceptors (Lipinski definition) is 5. The molecular formula is C29H29N5O2. The molecule has 0 bridgehead atoms. The number of carbonyl (C=O) groups excluding carboxylic acids is 1. The van der Waals surface area contributed by atoms with Crippen LogP contribution >= 0.6 is 0 Å². The first-order chi connectivity index (χ1) is 17.7. The first-order valence-corrected chi connectivity index (χ1v) is 12.3. The maximum Gasteiger partial charge on any atom is 0.269 e. The zero-order valence-electron chi connectivity index (χ0n) is 20.1. The molecule has 0 aliphatic carbocycles. The predicted molar refractivity (Wildman–Crippen MR) is 141 cm³/mol. The third-order valence-corrected chi connectivity index (χ3v) is 6.61. The largest absolute Gasteiger partial charge is 0.369 e. The number of aryl methyl sites for hydroxylation is 2. The summed E-state index contributed by atoms with van der Waals surface area (Å²) in [5.41, 5.74) is 4.61. The Hall–Kier alpha value is -4.26. The smallest absolute Gasteiger partial charge is 0.269 e. The van der Waals surface area contributed by atoms with E-state index in [-0.39, 0.29) is 17.4 Å². The maximum absolute atomic E-state index is 13.1. The fraction of sp³-hybridized carbons (Fsp3) is 0.241. The molecule has 36 heavy (non-hydrogen) atoms. The molecule has 1 atom stereocenters. The summed E-state index contributed by atoms with van der Waals surface area (Å²) in [6, 6.07) is 25.3. The summed E-state index contributed by atoms with van der Waals surface area (Å²) in [4.78, 5) is 32.2. The second-order valence-electron chi connectivity index (χ2n) is 9.09. The quantitative estimate of drug-likeness (QED) is 0.414. The second kappa shape index (κ2) is 11.0. The van der Waals surface area contributed by atoms with Crippen molar-refractivity contribution in [2.75, 3.05) is 23.3 Å². The van der Waals surface area contributed by atoms with Crippen molar-refractivity contribution in [2.24, 2.45) is 5.92 Å². The number of nitrogens with zero attached hydrogens (tertiary/aromatic N) is 4. The molecule has 5 rings (SSSR count). The fourth-order valence-corrected chi connectivity index (χ4v) is 4.58. The summed E-state index contributed by atoms with van der Waals surface area (Å²) in [5.74, 6) is -0.145. The van der Waals surface area contributed by atoms with E-state index in [1.165, 1.54) is 4.68 Å². The lowest BCUT2D eigenvalue weighted by Crippen LogP contribution is -2.29. The summed E-state index contributed by atoms with van der Waals surface area (Å²) in [6.45, 7) is 1.71. The summed E-state index contributed by atoms with van der Waals surface area (Å²) in [5, 5.41) is 7.51. The number of pyridine rings is 1. The molecule has 1 amide bonds. The molecule has 1 N–H and O–H groups in total. The van der Waals surface area contributed by atoms with Gasteiger partial charge in [-0.15, -0.1) is 0 Å². The summed E-state index contributed by atoms with van der Waals surface area (Å²) < 4.78 is 1.46. The monoisotopic (exact) mass is 479 g/mol. The lowest BCUT2D eigenvalue weighted by Gasteiger charge is -2.19. The van der Waals surface area contributed by atoms with Crippen LogP contribution in [0.1, 0.15) is 23.2 Å². The van der Waals surface area contributed by atoms with Gasteiger partial charge in [-0.25, -0.2) is 4.68 Å². The molecule has 7 nitrogen and oxygen atoms in total. The predicted octanol–water partition coefficient (Wildman–Crippen LogP) is 3.94. The molecule has 182 valence electrons. The molecule has 0 spiro atoms. The average molecular weight is 480 g/mol. The Balaban J connectivity index is 1.20. The molecule has 7 heteroatoms. The van der Waals surface area contributed by atoms with Crippen LogP contribution < -0.4 is 15.8 Å². The molecule has 4 aromatic rings. The summed E-state index contributed by atoms with van der Waals surface area (Å²) in [6.07, 6.45) is 5.87. The number of benzene rings is 2. The van der Waals surface area contributed by atoms with Crippen LogP contribution in [0.5, 0.6) is 0 Å². The number of carbonyl (C=O) groups is 1. The van der Waals surface area contributed by atoms with Crippen molar-refractivity contribution in [1.82, 2.24) is 14.8 Å². The van der Waals surface area contributed by atoms with Crippen molar-refractivity contribution in [2.45, 2.75) is 25.8 Å². The fourth-order valence-electron chi connectivity index (χ4n) is 4.58. The van der Waals surface area contributed by atoms with E-state index >= 15 is 0 Å². The van der Waals surface area contributed by atoms with Gasteiger partial charge in [0.15, 0.2) is 0 Å². The van der Waals surface area contributed by atoms with Gasteiger partial charge >= 0.3 is 0 Å². The molecule has 0 radical (unpaired) electrons. The van der Waals surface area contributed by atoms with Gasteiger partial charge in [-0.05, 0) is 48.6 Å². The Labute approximate surface area is 210 Å². The van der Waals surface area contributed by atoms with Crippen LogP contribution in [0.4, 0.5) is 11.4 Å². The van der Waals surface area contributed by atoms with Crippen LogP contribution in [0.25, 0.3) is 0 Å². The van der Waals surface area contributed by atoms with Crippen LogP contribution in [0.2, 0.25) is 0 Å². The molecule has 3 heterocycles. The summed E-state index contributed by atoms with van der Waals surface area (Å²) >= 11 is 0. The third kappa shape index (κ3) is 5.68. The number of anilines is 2. The highest BCUT2D eigenvalue weighted by atomic mass is 16.2. The second-order valence-corrected chi connectivity index (χ2v) is 9.09. The minimum atomic E-state index is -0.152. The number of nitrogens with one attached hydrogen (secondary N) is 1. The van der Waals surface area contributed by atoms with Crippen molar-refractivity contribution >= 4 is 17.3 Å². The minimum absolute atomic E-state index is 0.00756. The van der Waals surface area contributed by atoms with Crippen LogP contribution in [0, 0.1) is 5.92 Å². The van der Waals surface area contributed by atoms with E-state index in [0.29, 0.717) is 19.6 Å². The Bertz CT molecular complexity index is 1370. The molecule has 1 aliphatic rings. The first-order valence-electron chi connectivity index (χ1n) is 12.3. The SMILES string of the molecule is O=C(Nc1ccccc1CCc1ccccn1)C1CCN(c2cnn(Cc3ccccc3)c(=O)c2)C1. The van der Waals surface area contributed by atoms with Gasteiger partial charge in [-0.1, -0.05) is 54.6 Å². The van der Waals surface area contributed by atoms with Gasteiger partial charge in [0.1, 0.15) is 0 Å². The molecule has 1 aliphatic heterocycles. The van der Waals surface area contributed by atoms with Gasteiger partial charge in [0, 0.05) is 36.7 Å². The minimum Gasteiger partial charge on any atom is -0.369 e. The number of amides is 1. The lowest BCUT2D eigenvalue weighted by atomic mass is 10.0. The van der Waals surface area contributed by atoms with Crippen molar-refractivity contribution in [3.63, 3.8) is 0 Å². The number of aromatic nitrogens is 3. The number of para-hydroxylation sites is 1. The maximum atomic E-state index is 13.1. The van der Waals surface area contributed by atoms with Crippen LogP contribution in [0.3, 0.4) is 0 Å². The molecule has 0 saturated carbocycles. The zero-order valence-corrected chi connectivity index (χ0v) is 20.1. The van der Waals surface area contributed by atoms with Crippen LogP contribution in [0.15, 0.2) is 96.1 Å². The van der Waals surface area contributed by atoms with Crippen LogP contribution in [-0.4, -0.2) is 33.8 Å². The molecule has 2 aromatic carbocycles. The Morgan fingerprint density at radius 1 is 0.972 bits per heavy atom. The number of rotatable bonds is 8. The first kappa shape index (κ1) is 23.5. The van der Waals surface area contributed by atoms with E-state index in [2.05, 4.69) is 26.4 Å². The van der Waals surface area contributed by atoms with Crippen LogP contribution in [-0.2, 0) is 24.2 Å². The van der Waals surface area contributed by atoms with Gasteiger partial charge in [0.25, 0.3) is 5.56 Å². The average Bonchev–Trinajstić information content (AvgIpc) is 3.41. The van der Waals surface area contributed by atoms with E-state index in [0.717, 1.165) is 47.5 Å². The van der Waals surface area contributed by atoms with Crippen molar-refractivity contribution in [3.8, 4) is 0 Å². The van der Waals surface area contributed by atoms with Gasteiger partial charge in [0.05, 0.1) is 24.3 Å². The highest BCUT2D eigenvalue weighted by molar-refractivity contribution is 5.94. The summed E-state index contributed by atoms with van der Waals surface area (Å²) in [7, 11) is 0. The van der Waals surface area contributed by atoms with E-state index in [1.807, 2.05) is 66.7 Å². The molecular weight excluding hydrogens is 450 g/mol. The van der Waals surface area contributed by atoms with E-state index in [9.17, 15) is 9.59 Å². The van der Waals surface area contributed by atoms with E-state index in [1.54, 1.807) is 18.5 Å². The Morgan fingerprint density at radius 3 is 2.58 bits per heavy atom. The Morgan fingerprint density at radius 2 is 1.78 bits per heavy atom. The molecule has 1 unspecified atom stereocenters. The molecule has 2 aromatic heterocycles. The highest BCUT2D eigenvalue weighted by Gasteiger charge is 2.29. The van der Waals surface area contributed by atoms with Gasteiger partial charge < -0.3 is 10.2 Å². The zero-order chi connectivity index (χ0) is 24.7. The highest BCUT2D eigenvalue weighted by Crippen LogP contribution is 2.25. The number of hydrogen-bond donors (Lipinski definition) is 1. The van der Waals surface area contributed by atoms with Gasteiger partial charge in [0.2, 0.25) is 5.91 Å². The van der Waals surface area contributed by atoms with Gasteiger partial charge in [-0.2, -0.15) is 5.10 Å². The Kier molecular flexibility index (Phi) is 7.17. The van der Waals surface area contributed by atoms with Gasteiger partial charge in [-0.3, -0.25) is 14.6 Å². The van der Waals surface area contributed by atoms with E-state index in [4.69, 9.17) is 0 Å². The lowest BCUT2D eigenvalue weighted by molar-refractivity contribution is -0.119. The third-order valence-electron chi connectivity index (χ3n) is 6.61.